The van der Waals surface area contributed by atoms with Crippen LogP contribution in [0.3, 0.4) is 0 Å². The number of aromatic nitrogens is 1. The number of nitrogens with zero attached hydrogens (tertiary/aromatic N) is 2. The van der Waals surface area contributed by atoms with Crippen molar-refractivity contribution < 1.29 is 0 Å². The van der Waals surface area contributed by atoms with Crippen LogP contribution in [0.1, 0.15) is 0 Å². The second kappa shape index (κ2) is 2.02. The van der Waals surface area contributed by atoms with Gasteiger partial charge in [0.05, 0.1) is 12.4 Å². The Balaban J connectivity index is 2.58. The number of fused-ring (bicyclic) bond motifs is 1. The Morgan fingerprint density at radius 2 is 2.55 bits per heavy atom. The van der Waals surface area contributed by atoms with E-state index in [-0.39, 0.29) is 0 Å². The van der Waals surface area contributed by atoms with E-state index in [2.05, 4.69) is 10.3 Å². The van der Waals surface area contributed by atoms with Gasteiger partial charge in [-0.15, -0.1) is 0 Å². The zero-order chi connectivity index (χ0) is 7.84. The summed E-state index contributed by atoms with van der Waals surface area (Å²) in [7, 11) is 1.98. The molecule has 4 heteroatoms. The first-order chi connectivity index (χ1) is 5.29. The normalized spacial score (nSPS) is 14.5. The van der Waals surface area contributed by atoms with Crippen molar-refractivity contribution in [2.24, 2.45) is 0 Å². The van der Waals surface area contributed by atoms with Gasteiger partial charge < -0.3 is 16.0 Å². The molecule has 2 heterocycles. The molecular formula is C7H10N4. The smallest absolute Gasteiger partial charge is 0.149 e. The van der Waals surface area contributed by atoms with E-state index in [1.54, 1.807) is 6.20 Å². The van der Waals surface area contributed by atoms with Gasteiger partial charge in [0.1, 0.15) is 11.5 Å². The summed E-state index contributed by atoms with van der Waals surface area (Å²) in [5.41, 5.74) is 7.75. The van der Waals surface area contributed by atoms with E-state index in [4.69, 9.17) is 5.73 Å². The molecule has 11 heavy (non-hydrogen) atoms. The molecule has 1 aliphatic rings. The fourth-order valence-corrected chi connectivity index (χ4v) is 1.30. The molecule has 58 valence electrons. The van der Waals surface area contributed by atoms with Crippen molar-refractivity contribution >= 4 is 17.2 Å². The maximum Gasteiger partial charge on any atom is 0.149 e. The molecule has 0 bridgehead atoms. The third kappa shape index (κ3) is 0.790. The molecule has 0 radical (unpaired) electrons. The highest BCUT2D eigenvalue weighted by Crippen LogP contribution is 2.33. The number of nitrogens with one attached hydrogen (secondary N) is 1. The molecule has 0 saturated heterocycles. The molecule has 0 fully saturated rings. The van der Waals surface area contributed by atoms with Crippen LogP contribution in [-0.2, 0) is 0 Å². The predicted molar refractivity (Wildman–Crippen MR) is 45.5 cm³/mol. The fourth-order valence-electron chi connectivity index (χ4n) is 1.30. The van der Waals surface area contributed by atoms with Gasteiger partial charge in [0.2, 0.25) is 0 Å². The summed E-state index contributed by atoms with van der Waals surface area (Å²) in [6.07, 6.45) is 1.71. The summed E-state index contributed by atoms with van der Waals surface area (Å²) in [6.45, 7) is 0.811. The lowest BCUT2D eigenvalue weighted by Gasteiger charge is -2.10. The quantitative estimate of drug-likeness (QED) is 0.565. The molecule has 0 aromatic carbocycles. The van der Waals surface area contributed by atoms with Gasteiger partial charge in [-0.1, -0.05) is 0 Å². The van der Waals surface area contributed by atoms with Crippen LogP contribution in [0.15, 0.2) is 12.3 Å². The molecule has 0 spiro atoms. The van der Waals surface area contributed by atoms with Crippen LogP contribution in [0.4, 0.5) is 17.2 Å². The summed E-state index contributed by atoms with van der Waals surface area (Å²) in [6, 6.07) is 1.93. The van der Waals surface area contributed by atoms with Crippen LogP contribution >= 0.6 is 0 Å². The van der Waals surface area contributed by atoms with E-state index >= 15 is 0 Å². The zero-order valence-electron chi connectivity index (χ0n) is 6.33. The van der Waals surface area contributed by atoms with Crippen molar-refractivity contribution in [3.8, 4) is 0 Å². The molecule has 4 nitrogen and oxygen atoms in total. The van der Waals surface area contributed by atoms with E-state index in [1.165, 1.54) is 0 Å². The molecule has 1 aromatic heterocycles. The molecule has 0 aliphatic carbocycles. The predicted octanol–water partition coefficient (Wildman–Crippen LogP) is 0.483. The Kier molecular flexibility index (Phi) is 1.15. The zero-order valence-corrected chi connectivity index (χ0v) is 6.33. The first-order valence-corrected chi connectivity index (χ1v) is 3.48. The molecule has 2 rings (SSSR count). The highest BCUT2D eigenvalue weighted by Gasteiger charge is 2.17. The van der Waals surface area contributed by atoms with Crippen LogP contribution in [-0.4, -0.2) is 18.7 Å². The van der Waals surface area contributed by atoms with Crippen LogP contribution in [0.2, 0.25) is 0 Å². The van der Waals surface area contributed by atoms with Gasteiger partial charge >= 0.3 is 0 Å². The molecule has 0 saturated carbocycles. The lowest BCUT2D eigenvalue weighted by molar-refractivity contribution is 1.03. The van der Waals surface area contributed by atoms with E-state index in [0.29, 0.717) is 5.82 Å². The summed E-state index contributed by atoms with van der Waals surface area (Å²) in [4.78, 5) is 6.04. The van der Waals surface area contributed by atoms with E-state index in [1.807, 2.05) is 18.0 Å². The Morgan fingerprint density at radius 1 is 1.73 bits per heavy atom. The summed E-state index contributed by atoms with van der Waals surface area (Å²) >= 11 is 0. The number of anilines is 3. The molecule has 0 unspecified atom stereocenters. The molecule has 3 N–H and O–H groups in total. The van der Waals surface area contributed by atoms with Gasteiger partial charge in [0.25, 0.3) is 0 Å². The maximum absolute atomic E-state index is 5.67. The van der Waals surface area contributed by atoms with Gasteiger partial charge in [-0.3, -0.25) is 0 Å². The maximum atomic E-state index is 5.67. The van der Waals surface area contributed by atoms with Crippen LogP contribution in [0.25, 0.3) is 0 Å². The summed E-state index contributed by atoms with van der Waals surface area (Å²) < 4.78 is 0. The summed E-state index contributed by atoms with van der Waals surface area (Å²) in [5.74, 6) is 0.593. The van der Waals surface area contributed by atoms with Crippen molar-refractivity contribution in [3.05, 3.63) is 12.3 Å². The molecule has 0 amide bonds. The van der Waals surface area contributed by atoms with Crippen LogP contribution in [0, 0.1) is 0 Å². The Labute approximate surface area is 65.0 Å². The fraction of sp³-hybridized carbons (Fsp3) is 0.286. The van der Waals surface area contributed by atoms with Gasteiger partial charge in [0.15, 0.2) is 0 Å². The number of pyridine rings is 1. The van der Waals surface area contributed by atoms with Crippen molar-refractivity contribution in [1.82, 2.24) is 4.98 Å². The number of rotatable bonds is 0. The van der Waals surface area contributed by atoms with E-state index < -0.39 is 0 Å². The Hall–Kier alpha value is -1.45. The van der Waals surface area contributed by atoms with Crippen molar-refractivity contribution in [3.63, 3.8) is 0 Å². The molecule has 1 aliphatic heterocycles. The van der Waals surface area contributed by atoms with Gasteiger partial charge in [-0.2, -0.15) is 0 Å². The average Bonchev–Trinajstić information content (AvgIpc) is 2.34. The summed E-state index contributed by atoms with van der Waals surface area (Å²) in [5, 5.41) is 3.20. The highest BCUT2D eigenvalue weighted by molar-refractivity contribution is 5.82. The van der Waals surface area contributed by atoms with Crippen molar-refractivity contribution in [1.29, 1.82) is 0 Å². The second-order valence-corrected chi connectivity index (χ2v) is 2.63. The van der Waals surface area contributed by atoms with Gasteiger partial charge in [-0.05, 0) is 6.07 Å². The Bertz CT molecular complexity index is 284. The van der Waals surface area contributed by atoms with E-state index in [9.17, 15) is 0 Å². The first-order valence-electron chi connectivity index (χ1n) is 3.48. The SMILES string of the molecule is CN1CNc2ccnc(N)c21. The number of hydrogen-bond acceptors (Lipinski definition) is 4. The number of hydrogen-bond donors (Lipinski definition) is 2. The third-order valence-corrected chi connectivity index (χ3v) is 1.84. The Morgan fingerprint density at radius 3 is 3.27 bits per heavy atom. The van der Waals surface area contributed by atoms with Crippen molar-refractivity contribution in [2.75, 3.05) is 29.7 Å². The van der Waals surface area contributed by atoms with E-state index in [0.717, 1.165) is 18.0 Å². The molecule has 1 aromatic rings. The van der Waals surface area contributed by atoms with Crippen LogP contribution < -0.4 is 16.0 Å². The topological polar surface area (TPSA) is 54.2 Å². The minimum atomic E-state index is 0.593. The molecular weight excluding hydrogens is 140 g/mol. The average molecular weight is 150 g/mol. The number of nitrogens with two attached hydrogens (primary N) is 1. The highest BCUT2D eigenvalue weighted by atomic mass is 15.3. The first kappa shape index (κ1) is 6.27. The number of nitrogen functional groups attached to an aromatic ring is 1. The van der Waals surface area contributed by atoms with Gasteiger partial charge in [-0.25, -0.2) is 4.98 Å². The van der Waals surface area contributed by atoms with Crippen molar-refractivity contribution in [2.45, 2.75) is 0 Å². The minimum Gasteiger partial charge on any atom is -0.382 e. The van der Waals surface area contributed by atoms with Gasteiger partial charge in [0, 0.05) is 13.2 Å². The largest absolute Gasteiger partial charge is 0.382 e. The minimum absolute atomic E-state index is 0.593. The lowest BCUT2D eigenvalue weighted by atomic mass is 10.3. The van der Waals surface area contributed by atoms with Crippen LogP contribution in [0.5, 0.6) is 0 Å². The lowest BCUT2D eigenvalue weighted by Crippen LogP contribution is -2.17. The molecule has 0 atom stereocenters. The standard InChI is InChI=1S/C7H10N4/c1-11-4-10-5-2-3-9-7(8)6(5)11/h2-3,10H,4H2,1H3,(H2,8,9). The monoisotopic (exact) mass is 150 g/mol. The second-order valence-electron chi connectivity index (χ2n) is 2.63. The third-order valence-electron chi connectivity index (χ3n) is 1.84.